The highest BCUT2D eigenvalue weighted by molar-refractivity contribution is 5.87. The fourth-order valence-corrected chi connectivity index (χ4v) is 2.25. The van der Waals surface area contributed by atoms with Crippen LogP contribution in [0.25, 0.3) is 5.57 Å². The Morgan fingerprint density at radius 2 is 2.05 bits per heavy atom. The van der Waals surface area contributed by atoms with Gasteiger partial charge in [0.1, 0.15) is 6.61 Å². The van der Waals surface area contributed by atoms with Crippen LogP contribution in [0.2, 0.25) is 0 Å². The van der Waals surface area contributed by atoms with Gasteiger partial charge in [-0.2, -0.15) is 0 Å². The lowest BCUT2D eigenvalue weighted by atomic mass is 9.79. The van der Waals surface area contributed by atoms with Crippen LogP contribution < -0.4 is 0 Å². The maximum Gasteiger partial charge on any atom is 0.333 e. The van der Waals surface area contributed by atoms with Crippen molar-refractivity contribution in [3.8, 4) is 0 Å². The molecule has 0 aromatic heterocycles. The first-order valence-corrected chi connectivity index (χ1v) is 6.77. The van der Waals surface area contributed by atoms with Crippen LogP contribution in [-0.2, 0) is 9.53 Å². The van der Waals surface area contributed by atoms with Gasteiger partial charge in [-0.1, -0.05) is 62.1 Å². The van der Waals surface area contributed by atoms with Crippen molar-refractivity contribution < 1.29 is 9.53 Å². The zero-order valence-electron chi connectivity index (χ0n) is 12.1. The van der Waals surface area contributed by atoms with Crippen molar-refractivity contribution in [3.05, 3.63) is 66.3 Å². The summed E-state index contributed by atoms with van der Waals surface area (Å²) in [7, 11) is 0. The smallest absolute Gasteiger partial charge is 0.333 e. The number of hydrogen-bond acceptors (Lipinski definition) is 2. The Morgan fingerprint density at radius 1 is 1.35 bits per heavy atom. The first-order valence-electron chi connectivity index (χ1n) is 6.77. The van der Waals surface area contributed by atoms with Crippen LogP contribution in [0, 0.1) is 5.41 Å². The van der Waals surface area contributed by atoms with Crippen molar-refractivity contribution in [2.24, 2.45) is 5.41 Å². The first-order chi connectivity index (χ1) is 9.50. The van der Waals surface area contributed by atoms with E-state index in [0.717, 1.165) is 6.42 Å². The highest BCUT2D eigenvalue weighted by Crippen LogP contribution is 2.36. The molecule has 1 aromatic carbocycles. The molecule has 0 saturated heterocycles. The summed E-state index contributed by atoms with van der Waals surface area (Å²) in [5, 5.41) is 0. The molecule has 104 valence electrons. The van der Waals surface area contributed by atoms with Crippen LogP contribution >= 0.6 is 0 Å². The summed E-state index contributed by atoms with van der Waals surface area (Å²) < 4.78 is 5.31. The van der Waals surface area contributed by atoms with Gasteiger partial charge in [0.05, 0.1) is 0 Å². The maximum atomic E-state index is 11.5. The molecule has 0 N–H and O–H groups in total. The van der Waals surface area contributed by atoms with Crippen molar-refractivity contribution in [1.82, 2.24) is 0 Å². The molecule has 1 unspecified atom stereocenters. The Hall–Kier alpha value is -2.09. The molecule has 1 aliphatic carbocycles. The normalized spacial score (nSPS) is 21.2. The van der Waals surface area contributed by atoms with E-state index in [1.807, 2.05) is 24.3 Å². The van der Waals surface area contributed by atoms with Crippen molar-refractivity contribution in [1.29, 1.82) is 0 Å². The Balaban J connectivity index is 2.06. The topological polar surface area (TPSA) is 26.3 Å². The second kappa shape index (κ2) is 5.91. The molecule has 1 aromatic rings. The monoisotopic (exact) mass is 268 g/mol. The van der Waals surface area contributed by atoms with E-state index in [1.165, 1.54) is 11.1 Å². The molecule has 0 aliphatic heterocycles. The van der Waals surface area contributed by atoms with Crippen molar-refractivity contribution >= 4 is 11.5 Å². The van der Waals surface area contributed by atoms with Gasteiger partial charge in [-0.3, -0.25) is 0 Å². The molecule has 0 bridgehead atoms. The Morgan fingerprint density at radius 3 is 2.70 bits per heavy atom. The number of benzene rings is 1. The van der Waals surface area contributed by atoms with Gasteiger partial charge < -0.3 is 4.74 Å². The molecule has 2 rings (SSSR count). The first kappa shape index (κ1) is 14.3. The number of esters is 1. The van der Waals surface area contributed by atoms with Crippen LogP contribution in [0.1, 0.15) is 25.8 Å². The SMILES string of the molecule is C=C(C)C(=O)OCC1(C)C=CC=C(c2ccccc2)C1. The lowest BCUT2D eigenvalue weighted by molar-refractivity contribution is -0.141. The van der Waals surface area contributed by atoms with Crippen molar-refractivity contribution in [2.45, 2.75) is 20.3 Å². The van der Waals surface area contributed by atoms with E-state index in [1.54, 1.807) is 6.92 Å². The molecular weight excluding hydrogens is 248 g/mol. The molecule has 0 spiro atoms. The highest BCUT2D eigenvalue weighted by atomic mass is 16.5. The fraction of sp³-hybridized carbons (Fsp3) is 0.278. The largest absolute Gasteiger partial charge is 0.461 e. The summed E-state index contributed by atoms with van der Waals surface area (Å²) in [6.07, 6.45) is 7.13. The van der Waals surface area contributed by atoms with Crippen LogP contribution in [0.3, 0.4) is 0 Å². The average molecular weight is 268 g/mol. The van der Waals surface area contributed by atoms with E-state index in [4.69, 9.17) is 4.74 Å². The minimum atomic E-state index is -0.324. The van der Waals surface area contributed by atoms with Crippen molar-refractivity contribution in [3.63, 3.8) is 0 Å². The summed E-state index contributed by atoms with van der Waals surface area (Å²) in [5.41, 5.74) is 2.76. The van der Waals surface area contributed by atoms with Gasteiger partial charge in [0, 0.05) is 11.0 Å². The van der Waals surface area contributed by atoms with E-state index >= 15 is 0 Å². The number of carbonyl (C=O) groups is 1. The number of ether oxygens (including phenoxy) is 1. The second-order valence-electron chi connectivity index (χ2n) is 5.60. The molecule has 2 nitrogen and oxygen atoms in total. The fourth-order valence-electron chi connectivity index (χ4n) is 2.25. The van der Waals surface area contributed by atoms with E-state index in [0.29, 0.717) is 12.2 Å². The molecule has 0 radical (unpaired) electrons. The van der Waals surface area contributed by atoms with E-state index in [-0.39, 0.29) is 11.4 Å². The number of rotatable bonds is 4. The van der Waals surface area contributed by atoms with Gasteiger partial charge in [-0.25, -0.2) is 4.79 Å². The molecule has 2 heteroatoms. The van der Waals surface area contributed by atoms with Gasteiger partial charge in [0.15, 0.2) is 0 Å². The van der Waals surface area contributed by atoms with Crippen LogP contribution in [-0.4, -0.2) is 12.6 Å². The van der Waals surface area contributed by atoms with E-state index < -0.39 is 0 Å². The number of carbonyl (C=O) groups excluding carboxylic acids is 1. The van der Waals surface area contributed by atoms with Crippen LogP contribution in [0.5, 0.6) is 0 Å². The summed E-state index contributed by atoms with van der Waals surface area (Å²) in [6.45, 7) is 7.74. The van der Waals surface area contributed by atoms with Gasteiger partial charge in [-0.05, 0) is 24.5 Å². The molecule has 0 saturated carbocycles. The summed E-state index contributed by atoms with van der Waals surface area (Å²) >= 11 is 0. The summed E-state index contributed by atoms with van der Waals surface area (Å²) in [4.78, 5) is 11.5. The summed E-state index contributed by atoms with van der Waals surface area (Å²) in [5.74, 6) is -0.324. The molecule has 1 aliphatic rings. The van der Waals surface area contributed by atoms with Crippen molar-refractivity contribution in [2.75, 3.05) is 6.61 Å². The predicted molar refractivity (Wildman–Crippen MR) is 82.1 cm³/mol. The van der Waals surface area contributed by atoms with Gasteiger partial charge >= 0.3 is 5.97 Å². The van der Waals surface area contributed by atoms with Gasteiger partial charge in [0.25, 0.3) is 0 Å². The third kappa shape index (κ3) is 3.47. The Labute approximate surface area is 120 Å². The zero-order valence-corrected chi connectivity index (χ0v) is 12.1. The predicted octanol–water partition coefficient (Wildman–Crippen LogP) is 4.16. The third-order valence-corrected chi connectivity index (χ3v) is 3.42. The number of allylic oxidation sites excluding steroid dienone is 3. The van der Waals surface area contributed by atoms with Crippen LogP contribution in [0.15, 0.2) is 60.7 Å². The highest BCUT2D eigenvalue weighted by Gasteiger charge is 2.27. The standard InChI is InChI=1S/C18H20O2/c1-14(2)17(19)20-13-18(3)11-7-10-16(12-18)15-8-5-4-6-9-15/h4-11H,1,12-13H2,2-3H3. The van der Waals surface area contributed by atoms with E-state index in [2.05, 4.69) is 37.8 Å². The maximum absolute atomic E-state index is 11.5. The zero-order chi connectivity index (χ0) is 14.6. The minimum Gasteiger partial charge on any atom is -0.461 e. The molecule has 0 amide bonds. The minimum absolute atomic E-state index is 0.162. The average Bonchev–Trinajstić information content (AvgIpc) is 2.46. The Kier molecular flexibility index (Phi) is 4.23. The molecule has 0 heterocycles. The third-order valence-electron chi connectivity index (χ3n) is 3.42. The number of hydrogen-bond donors (Lipinski definition) is 0. The Bertz CT molecular complexity index is 566. The van der Waals surface area contributed by atoms with Crippen LogP contribution in [0.4, 0.5) is 0 Å². The van der Waals surface area contributed by atoms with Gasteiger partial charge in [-0.15, -0.1) is 0 Å². The molecule has 1 atom stereocenters. The van der Waals surface area contributed by atoms with Gasteiger partial charge in [0.2, 0.25) is 0 Å². The lowest BCUT2D eigenvalue weighted by Crippen LogP contribution is -2.25. The summed E-state index contributed by atoms with van der Waals surface area (Å²) in [6, 6.07) is 10.3. The second-order valence-corrected chi connectivity index (χ2v) is 5.60. The quantitative estimate of drug-likeness (QED) is 0.605. The van der Waals surface area contributed by atoms with E-state index in [9.17, 15) is 4.79 Å². The molecule has 20 heavy (non-hydrogen) atoms. The molecule has 0 fully saturated rings. The molecular formula is C18H20O2. The lowest BCUT2D eigenvalue weighted by Gasteiger charge is -2.29.